The Morgan fingerprint density at radius 1 is 1.16 bits per heavy atom. The average Bonchev–Trinajstić information content (AvgIpc) is 3.07. The summed E-state index contributed by atoms with van der Waals surface area (Å²) >= 11 is 0. The quantitative estimate of drug-likeness (QED) is 0.767. The average molecular weight is 334 g/mol. The van der Waals surface area contributed by atoms with Crippen LogP contribution < -0.4 is 0 Å². The first-order valence-electron chi connectivity index (χ1n) is 8.27. The number of H-pyrrole nitrogens is 1. The molecule has 1 aromatic heterocycles. The zero-order valence-corrected chi connectivity index (χ0v) is 13.8. The number of carboxylic acids is 1. The number of nitrogens with zero attached hydrogens (tertiary/aromatic N) is 1. The summed E-state index contributed by atoms with van der Waals surface area (Å²) in [6.07, 6.45) is -0.0718. The maximum Gasteiger partial charge on any atom is 0.305 e. The van der Waals surface area contributed by atoms with E-state index in [2.05, 4.69) is 4.98 Å². The lowest BCUT2D eigenvalue weighted by Gasteiger charge is -2.25. The fourth-order valence-corrected chi connectivity index (χ4v) is 3.78. The Kier molecular flexibility index (Phi) is 3.57. The summed E-state index contributed by atoms with van der Waals surface area (Å²) in [4.78, 5) is 29.0. The van der Waals surface area contributed by atoms with E-state index in [4.69, 9.17) is 5.11 Å². The topological polar surface area (TPSA) is 73.4 Å². The molecule has 0 spiro atoms. The number of aromatic nitrogens is 1. The molecule has 3 aromatic rings. The number of benzene rings is 2. The van der Waals surface area contributed by atoms with Gasteiger partial charge in [0, 0.05) is 34.3 Å². The van der Waals surface area contributed by atoms with E-state index >= 15 is 0 Å². The standard InChI is InChI=1S/C20H18N2O3/c1-12-18(15-8-4-5-9-16(15)21-12)19-13-6-2-3-7-14(13)20(25)22(19)11-10-17(23)24/h2-9,19,21H,10-11H2,1H3,(H,23,24)/t19-/m0/s1. The van der Waals surface area contributed by atoms with Gasteiger partial charge < -0.3 is 15.0 Å². The number of rotatable bonds is 4. The minimum absolute atomic E-state index is 0.0718. The maximum atomic E-state index is 12.9. The molecule has 2 aromatic carbocycles. The number of nitrogens with one attached hydrogen (secondary N) is 1. The van der Waals surface area contributed by atoms with Gasteiger partial charge in [-0.15, -0.1) is 0 Å². The summed E-state index contributed by atoms with van der Waals surface area (Å²) in [5.74, 6) is -1.01. The van der Waals surface area contributed by atoms with Gasteiger partial charge in [-0.25, -0.2) is 0 Å². The van der Waals surface area contributed by atoms with E-state index in [9.17, 15) is 9.59 Å². The molecule has 1 atom stereocenters. The number of hydrogen-bond donors (Lipinski definition) is 2. The number of carbonyl (C=O) groups excluding carboxylic acids is 1. The van der Waals surface area contributed by atoms with Gasteiger partial charge in [0.25, 0.3) is 5.91 Å². The number of para-hydroxylation sites is 1. The molecule has 1 aliphatic rings. The fourth-order valence-electron chi connectivity index (χ4n) is 3.78. The Morgan fingerprint density at radius 2 is 1.88 bits per heavy atom. The highest BCUT2D eigenvalue weighted by molar-refractivity contribution is 6.01. The van der Waals surface area contributed by atoms with E-state index in [-0.39, 0.29) is 24.9 Å². The zero-order chi connectivity index (χ0) is 17.6. The molecule has 0 radical (unpaired) electrons. The van der Waals surface area contributed by atoms with Crippen molar-refractivity contribution < 1.29 is 14.7 Å². The summed E-state index contributed by atoms with van der Waals surface area (Å²) in [5, 5.41) is 10.1. The van der Waals surface area contributed by atoms with Crippen LogP contribution in [0.4, 0.5) is 0 Å². The Labute approximate surface area is 144 Å². The summed E-state index contributed by atoms with van der Waals surface area (Å²) in [6.45, 7) is 2.18. The molecule has 5 nitrogen and oxygen atoms in total. The minimum atomic E-state index is -0.904. The molecule has 5 heteroatoms. The molecule has 25 heavy (non-hydrogen) atoms. The van der Waals surface area contributed by atoms with Crippen LogP contribution in [0.3, 0.4) is 0 Å². The van der Waals surface area contributed by atoms with Crippen LogP contribution in [0.5, 0.6) is 0 Å². The predicted octanol–water partition coefficient (Wildman–Crippen LogP) is 3.50. The number of aryl methyl sites for hydroxylation is 1. The number of aromatic amines is 1. The Morgan fingerprint density at radius 3 is 2.68 bits per heavy atom. The summed E-state index contributed by atoms with van der Waals surface area (Å²) in [7, 11) is 0. The van der Waals surface area contributed by atoms with E-state index in [0.717, 1.165) is 27.7 Å². The molecule has 1 aliphatic heterocycles. The van der Waals surface area contributed by atoms with Crippen molar-refractivity contribution in [2.24, 2.45) is 0 Å². The fraction of sp³-hybridized carbons (Fsp3) is 0.200. The Bertz CT molecular complexity index is 990. The van der Waals surface area contributed by atoms with Gasteiger partial charge in [-0.2, -0.15) is 0 Å². The van der Waals surface area contributed by atoms with Crippen LogP contribution in [0.1, 0.15) is 39.6 Å². The second kappa shape index (κ2) is 5.77. The van der Waals surface area contributed by atoms with Crippen LogP contribution in [0, 0.1) is 6.92 Å². The largest absolute Gasteiger partial charge is 0.481 e. The van der Waals surface area contributed by atoms with Crippen LogP contribution in [-0.4, -0.2) is 33.4 Å². The highest BCUT2D eigenvalue weighted by Gasteiger charge is 2.39. The third-order valence-electron chi connectivity index (χ3n) is 4.84. The number of fused-ring (bicyclic) bond motifs is 2. The number of carbonyl (C=O) groups is 2. The third-order valence-corrected chi connectivity index (χ3v) is 4.84. The molecule has 2 N–H and O–H groups in total. The van der Waals surface area contributed by atoms with Crippen LogP contribution >= 0.6 is 0 Å². The van der Waals surface area contributed by atoms with E-state index < -0.39 is 5.97 Å². The monoisotopic (exact) mass is 334 g/mol. The lowest BCUT2D eigenvalue weighted by molar-refractivity contribution is -0.137. The van der Waals surface area contributed by atoms with E-state index in [1.54, 1.807) is 4.90 Å². The van der Waals surface area contributed by atoms with Gasteiger partial charge in [0.05, 0.1) is 12.5 Å². The highest BCUT2D eigenvalue weighted by atomic mass is 16.4. The van der Waals surface area contributed by atoms with E-state index in [0.29, 0.717) is 5.56 Å². The Balaban J connectivity index is 1.90. The SMILES string of the molecule is Cc1[nH]c2ccccc2c1[C@@H]1c2ccccc2C(=O)N1CCC(=O)O. The number of aliphatic carboxylic acids is 1. The Hall–Kier alpha value is -3.08. The van der Waals surface area contributed by atoms with Crippen molar-refractivity contribution in [3.8, 4) is 0 Å². The summed E-state index contributed by atoms with van der Waals surface area (Å²) in [6, 6.07) is 15.3. The maximum absolute atomic E-state index is 12.9. The van der Waals surface area contributed by atoms with Crippen LogP contribution in [-0.2, 0) is 4.79 Å². The molecule has 0 aliphatic carbocycles. The van der Waals surface area contributed by atoms with Gasteiger partial charge in [0.15, 0.2) is 0 Å². The first-order chi connectivity index (χ1) is 12.1. The normalized spacial score (nSPS) is 16.4. The third kappa shape index (κ3) is 2.39. The lowest BCUT2D eigenvalue weighted by Crippen LogP contribution is -2.31. The molecule has 0 bridgehead atoms. The number of carboxylic acid groups (broad SMARTS) is 1. The second-order valence-electron chi connectivity index (χ2n) is 6.34. The van der Waals surface area contributed by atoms with E-state index in [1.807, 2.05) is 55.5 Å². The van der Waals surface area contributed by atoms with Crippen molar-refractivity contribution in [1.29, 1.82) is 0 Å². The van der Waals surface area contributed by atoms with Gasteiger partial charge >= 0.3 is 5.97 Å². The van der Waals surface area contributed by atoms with Crippen molar-refractivity contribution in [3.63, 3.8) is 0 Å². The van der Waals surface area contributed by atoms with Crippen molar-refractivity contribution >= 4 is 22.8 Å². The van der Waals surface area contributed by atoms with Crippen LogP contribution in [0.25, 0.3) is 10.9 Å². The number of amides is 1. The van der Waals surface area contributed by atoms with Gasteiger partial charge in [0.2, 0.25) is 0 Å². The first-order valence-corrected chi connectivity index (χ1v) is 8.27. The van der Waals surface area contributed by atoms with Crippen LogP contribution in [0.2, 0.25) is 0 Å². The van der Waals surface area contributed by atoms with Crippen molar-refractivity contribution in [2.45, 2.75) is 19.4 Å². The van der Waals surface area contributed by atoms with Gasteiger partial charge in [0.1, 0.15) is 0 Å². The summed E-state index contributed by atoms with van der Waals surface area (Å²) in [5.41, 5.74) is 4.65. The molecular weight excluding hydrogens is 316 g/mol. The van der Waals surface area contributed by atoms with Crippen molar-refractivity contribution in [3.05, 3.63) is 70.9 Å². The number of hydrogen-bond acceptors (Lipinski definition) is 2. The second-order valence-corrected chi connectivity index (χ2v) is 6.34. The van der Waals surface area contributed by atoms with Crippen molar-refractivity contribution in [1.82, 2.24) is 9.88 Å². The predicted molar refractivity (Wildman–Crippen MR) is 94.6 cm³/mol. The first kappa shape index (κ1) is 15.4. The molecule has 0 unspecified atom stereocenters. The molecule has 0 fully saturated rings. The molecule has 1 amide bonds. The van der Waals surface area contributed by atoms with E-state index in [1.165, 1.54) is 0 Å². The van der Waals surface area contributed by atoms with Gasteiger partial charge in [-0.3, -0.25) is 9.59 Å². The summed E-state index contributed by atoms with van der Waals surface area (Å²) < 4.78 is 0. The smallest absolute Gasteiger partial charge is 0.305 e. The zero-order valence-electron chi connectivity index (χ0n) is 13.8. The van der Waals surface area contributed by atoms with Gasteiger partial charge in [-0.05, 0) is 24.6 Å². The molecule has 126 valence electrons. The molecule has 2 heterocycles. The highest BCUT2D eigenvalue weighted by Crippen LogP contribution is 2.42. The lowest BCUT2D eigenvalue weighted by atomic mass is 9.95. The molecule has 4 rings (SSSR count). The van der Waals surface area contributed by atoms with Crippen LogP contribution in [0.15, 0.2) is 48.5 Å². The molecule has 0 saturated heterocycles. The minimum Gasteiger partial charge on any atom is -0.481 e. The molecular formula is C20H18N2O3. The molecule has 0 saturated carbocycles. The van der Waals surface area contributed by atoms with Crippen molar-refractivity contribution in [2.75, 3.05) is 6.54 Å². The van der Waals surface area contributed by atoms with Gasteiger partial charge in [-0.1, -0.05) is 36.4 Å².